The summed E-state index contributed by atoms with van der Waals surface area (Å²) in [6.07, 6.45) is 2.20. The monoisotopic (exact) mass is 300 g/mol. The lowest BCUT2D eigenvalue weighted by Gasteiger charge is -2.10. The summed E-state index contributed by atoms with van der Waals surface area (Å²) in [5.41, 5.74) is 0.619. The van der Waals surface area contributed by atoms with Gasteiger partial charge < -0.3 is 10.2 Å². The van der Waals surface area contributed by atoms with E-state index in [2.05, 4.69) is 0 Å². The molecule has 0 amide bonds. The number of hydrogen-bond acceptors (Lipinski definition) is 4. The lowest BCUT2D eigenvalue weighted by Crippen LogP contribution is -2.11. The summed E-state index contributed by atoms with van der Waals surface area (Å²) in [7, 11) is -3.48. The van der Waals surface area contributed by atoms with Crippen LogP contribution in [0.2, 0.25) is 0 Å². The Kier molecular flexibility index (Phi) is 6.16. The van der Waals surface area contributed by atoms with Crippen LogP contribution in [0.25, 0.3) is 0 Å². The molecular formula is C14H20O5S. The average molecular weight is 300 g/mol. The van der Waals surface area contributed by atoms with Crippen molar-refractivity contribution in [2.75, 3.05) is 12.4 Å². The normalized spacial score (nSPS) is 11.5. The molecule has 0 saturated heterocycles. The lowest BCUT2D eigenvalue weighted by molar-refractivity contribution is 0.0696. The van der Waals surface area contributed by atoms with Crippen LogP contribution in [-0.2, 0) is 16.3 Å². The molecule has 0 atom stereocenters. The molecule has 0 radical (unpaired) electrons. The Labute approximate surface area is 119 Å². The Hall–Kier alpha value is -1.40. The quantitative estimate of drug-likeness (QED) is 0.715. The smallest absolute Gasteiger partial charge is 0.335 e. The van der Waals surface area contributed by atoms with E-state index in [1.807, 2.05) is 6.92 Å². The summed E-state index contributed by atoms with van der Waals surface area (Å²) in [6, 6.07) is 4.22. The van der Waals surface area contributed by atoms with E-state index in [-0.39, 0.29) is 22.8 Å². The second-order valence-corrected chi connectivity index (χ2v) is 6.66. The molecule has 0 bridgehead atoms. The zero-order valence-corrected chi connectivity index (χ0v) is 12.3. The number of aromatic carboxylic acids is 1. The summed E-state index contributed by atoms with van der Waals surface area (Å²) in [5, 5.41) is 17.6. The average Bonchev–Trinajstić information content (AvgIpc) is 2.42. The molecule has 0 unspecified atom stereocenters. The number of carboxylic acids is 1. The van der Waals surface area contributed by atoms with Crippen LogP contribution < -0.4 is 0 Å². The minimum atomic E-state index is -3.48. The maximum atomic E-state index is 12.3. The van der Waals surface area contributed by atoms with Gasteiger partial charge in [0.2, 0.25) is 0 Å². The fourth-order valence-electron chi connectivity index (χ4n) is 1.96. The van der Waals surface area contributed by atoms with Crippen LogP contribution in [0.1, 0.15) is 42.1 Å². The van der Waals surface area contributed by atoms with Gasteiger partial charge in [-0.1, -0.05) is 19.4 Å². The van der Waals surface area contributed by atoms with Crippen molar-refractivity contribution in [3.8, 4) is 0 Å². The van der Waals surface area contributed by atoms with Crippen LogP contribution in [0.3, 0.4) is 0 Å². The van der Waals surface area contributed by atoms with Crippen LogP contribution in [-0.4, -0.2) is 37.0 Å². The highest BCUT2D eigenvalue weighted by molar-refractivity contribution is 7.91. The van der Waals surface area contributed by atoms with E-state index in [0.717, 1.165) is 0 Å². The van der Waals surface area contributed by atoms with E-state index in [1.165, 1.54) is 12.1 Å². The van der Waals surface area contributed by atoms with Crippen LogP contribution in [0.5, 0.6) is 0 Å². The standard InChI is InChI=1S/C14H20O5S/c1-2-11-6-7-12(14(16)17)10-13(11)20(18,19)9-5-3-4-8-15/h6-7,10,15H,2-5,8-9H2,1H3,(H,16,17). The van der Waals surface area contributed by atoms with Crippen molar-refractivity contribution in [3.63, 3.8) is 0 Å². The van der Waals surface area contributed by atoms with Gasteiger partial charge in [0.05, 0.1) is 16.2 Å². The van der Waals surface area contributed by atoms with E-state index in [1.54, 1.807) is 6.07 Å². The Morgan fingerprint density at radius 1 is 1.20 bits per heavy atom. The van der Waals surface area contributed by atoms with Crippen molar-refractivity contribution in [1.82, 2.24) is 0 Å². The molecule has 1 aromatic rings. The second kappa shape index (κ2) is 7.40. The van der Waals surface area contributed by atoms with Gasteiger partial charge in [-0.3, -0.25) is 0 Å². The first kappa shape index (κ1) is 16.7. The maximum absolute atomic E-state index is 12.3. The number of unbranched alkanes of at least 4 members (excludes halogenated alkanes) is 2. The number of hydrogen-bond donors (Lipinski definition) is 2. The topological polar surface area (TPSA) is 91.7 Å². The lowest BCUT2D eigenvalue weighted by atomic mass is 10.1. The van der Waals surface area contributed by atoms with Gasteiger partial charge in [-0.05, 0) is 37.0 Å². The predicted molar refractivity (Wildman–Crippen MR) is 75.8 cm³/mol. The van der Waals surface area contributed by atoms with Gasteiger partial charge in [-0.2, -0.15) is 0 Å². The molecule has 0 aliphatic rings. The number of rotatable bonds is 8. The SMILES string of the molecule is CCc1ccc(C(=O)O)cc1S(=O)(=O)CCCCCO. The molecule has 2 N–H and O–H groups in total. The number of aryl methyl sites for hydroxylation is 1. The summed E-state index contributed by atoms with van der Waals surface area (Å²) in [5.74, 6) is -1.16. The zero-order valence-electron chi connectivity index (χ0n) is 11.5. The molecule has 0 heterocycles. The molecule has 0 saturated carbocycles. The molecule has 5 nitrogen and oxygen atoms in total. The minimum Gasteiger partial charge on any atom is -0.478 e. The van der Waals surface area contributed by atoms with Gasteiger partial charge in [-0.25, -0.2) is 13.2 Å². The summed E-state index contributed by atoms with van der Waals surface area (Å²) in [4.78, 5) is 11.1. The van der Waals surface area contributed by atoms with E-state index in [4.69, 9.17) is 10.2 Å². The van der Waals surface area contributed by atoms with Crippen molar-refractivity contribution in [3.05, 3.63) is 29.3 Å². The molecule has 1 aromatic carbocycles. The third-order valence-corrected chi connectivity index (χ3v) is 4.98. The third-order valence-electron chi connectivity index (χ3n) is 3.10. The van der Waals surface area contributed by atoms with Crippen molar-refractivity contribution in [2.45, 2.75) is 37.5 Å². The first-order valence-electron chi connectivity index (χ1n) is 6.62. The predicted octanol–water partition coefficient (Wildman–Crippen LogP) is 1.88. The number of carbonyl (C=O) groups is 1. The van der Waals surface area contributed by atoms with E-state index >= 15 is 0 Å². The molecule has 0 aliphatic heterocycles. The molecule has 0 aromatic heterocycles. The van der Waals surface area contributed by atoms with Crippen molar-refractivity contribution in [1.29, 1.82) is 0 Å². The van der Waals surface area contributed by atoms with E-state index in [9.17, 15) is 13.2 Å². The second-order valence-electron chi connectivity index (χ2n) is 4.58. The summed E-state index contributed by atoms with van der Waals surface area (Å²) < 4.78 is 24.6. The first-order valence-corrected chi connectivity index (χ1v) is 8.27. The minimum absolute atomic E-state index is 0.0175. The number of benzene rings is 1. The number of aliphatic hydroxyl groups excluding tert-OH is 1. The van der Waals surface area contributed by atoms with Gasteiger partial charge in [-0.15, -0.1) is 0 Å². The summed E-state index contributed by atoms with van der Waals surface area (Å²) in [6.45, 7) is 1.88. The van der Waals surface area contributed by atoms with Gasteiger partial charge in [0.1, 0.15) is 0 Å². The number of sulfone groups is 1. The van der Waals surface area contributed by atoms with Crippen LogP contribution >= 0.6 is 0 Å². The summed E-state index contributed by atoms with van der Waals surface area (Å²) >= 11 is 0. The molecule has 20 heavy (non-hydrogen) atoms. The molecule has 6 heteroatoms. The number of carboxylic acid groups (broad SMARTS) is 1. The van der Waals surface area contributed by atoms with Crippen LogP contribution in [0.15, 0.2) is 23.1 Å². The molecule has 1 rings (SSSR count). The molecule has 0 fully saturated rings. The first-order chi connectivity index (χ1) is 9.42. The third kappa shape index (κ3) is 4.31. The van der Waals surface area contributed by atoms with Crippen molar-refractivity contribution < 1.29 is 23.4 Å². The maximum Gasteiger partial charge on any atom is 0.335 e. The Morgan fingerprint density at radius 2 is 1.90 bits per heavy atom. The van der Waals surface area contributed by atoms with Gasteiger partial charge >= 0.3 is 5.97 Å². The Bertz CT molecular complexity index is 563. The highest BCUT2D eigenvalue weighted by Gasteiger charge is 2.19. The molecule has 0 aliphatic carbocycles. The molecule has 0 spiro atoms. The van der Waals surface area contributed by atoms with Gasteiger partial charge in [0.15, 0.2) is 9.84 Å². The molecular weight excluding hydrogens is 280 g/mol. The number of aliphatic hydroxyl groups is 1. The highest BCUT2D eigenvalue weighted by Crippen LogP contribution is 2.21. The molecule has 112 valence electrons. The Balaban J connectivity index is 3.02. The van der Waals surface area contributed by atoms with Crippen molar-refractivity contribution in [2.24, 2.45) is 0 Å². The van der Waals surface area contributed by atoms with Crippen LogP contribution in [0, 0.1) is 0 Å². The Morgan fingerprint density at radius 3 is 2.45 bits per heavy atom. The van der Waals surface area contributed by atoms with Crippen LogP contribution in [0.4, 0.5) is 0 Å². The van der Waals surface area contributed by atoms with E-state index < -0.39 is 15.8 Å². The largest absolute Gasteiger partial charge is 0.478 e. The van der Waals surface area contributed by atoms with Gasteiger partial charge in [0, 0.05) is 6.61 Å². The van der Waals surface area contributed by atoms with Crippen molar-refractivity contribution >= 4 is 15.8 Å². The highest BCUT2D eigenvalue weighted by atomic mass is 32.2. The fourth-order valence-corrected chi connectivity index (χ4v) is 3.68. The van der Waals surface area contributed by atoms with E-state index in [0.29, 0.717) is 31.2 Å². The fraction of sp³-hybridized carbons (Fsp3) is 0.500. The zero-order chi connectivity index (χ0) is 15.2. The van der Waals surface area contributed by atoms with Gasteiger partial charge in [0.25, 0.3) is 0 Å².